The van der Waals surface area contributed by atoms with Crippen molar-refractivity contribution in [3.8, 4) is 6.07 Å². The quantitative estimate of drug-likeness (QED) is 0.629. The van der Waals surface area contributed by atoms with Crippen LogP contribution in [-0.4, -0.2) is 0 Å². The Morgan fingerprint density at radius 3 is 2.80 bits per heavy atom. The van der Waals surface area contributed by atoms with Crippen LogP contribution >= 0.6 is 0 Å². The number of hydrogen-bond acceptors (Lipinski definition) is 3. The van der Waals surface area contributed by atoms with E-state index in [-0.39, 0.29) is 0 Å². The molecule has 0 amide bonds. The second kappa shape index (κ2) is 2.54. The summed E-state index contributed by atoms with van der Waals surface area (Å²) in [4.78, 5) is 0. The maximum atomic E-state index is 8.41. The molecule has 1 aromatic heterocycles. The van der Waals surface area contributed by atoms with Crippen LogP contribution in [0.2, 0.25) is 0 Å². The summed E-state index contributed by atoms with van der Waals surface area (Å²) >= 11 is 0. The molecule has 0 bridgehead atoms. The molecule has 1 rings (SSSR count). The van der Waals surface area contributed by atoms with E-state index in [2.05, 4.69) is 0 Å². The molecule has 1 atom stereocenters. The van der Waals surface area contributed by atoms with Gasteiger partial charge in [-0.15, -0.1) is 0 Å². The third-order valence-corrected chi connectivity index (χ3v) is 1.37. The zero-order valence-electron chi connectivity index (χ0n) is 5.66. The molecule has 0 aliphatic rings. The summed E-state index contributed by atoms with van der Waals surface area (Å²) in [7, 11) is 0. The van der Waals surface area contributed by atoms with Gasteiger partial charge in [-0.3, -0.25) is 0 Å². The van der Waals surface area contributed by atoms with Crippen LogP contribution in [0.1, 0.15) is 17.2 Å². The Morgan fingerprint density at radius 2 is 2.40 bits per heavy atom. The molecule has 52 valence electrons. The van der Waals surface area contributed by atoms with Gasteiger partial charge < -0.3 is 10.2 Å². The molecule has 0 aliphatic carbocycles. The van der Waals surface area contributed by atoms with Gasteiger partial charge in [0.15, 0.2) is 0 Å². The molecule has 3 nitrogen and oxygen atoms in total. The Balaban J connectivity index is 2.96. The van der Waals surface area contributed by atoms with Gasteiger partial charge in [0.05, 0.1) is 18.6 Å². The summed E-state index contributed by atoms with van der Waals surface area (Å²) in [6.45, 7) is 1.86. The predicted molar refractivity (Wildman–Crippen MR) is 36.0 cm³/mol. The first-order valence-corrected chi connectivity index (χ1v) is 2.93. The highest BCUT2D eigenvalue weighted by molar-refractivity contribution is 5.26. The van der Waals surface area contributed by atoms with E-state index in [1.165, 1.54) is 6.26 Å². The molecule has 1 heterocycles. The zero-order chi connectivity index (χ0) is 7.56. The Bertz CT molecular complexity index is 259. The van der Waals surface area contributed by atoms with Crippen molar-refractivity contribution < 1.29 is 4.42 Å². The first-order valence-electron chi connectivity index (χ1n) is 2.93. The number of nitrogens with zero attached hydrogens (tertiary/aromatic N) is 1. The molecule has 0 fully saturated rings. The highest BCUT2D eigenvalue weighted by Gasteiger charge is 2.08. The molecular formula is C7H8N2O. The van der Waals surface area contributed by atoms with Crippen molar-refractivity contribution in [3.05, 3.63) is 23.7 Å². The van der Waals surface area contributed by atoms with E-state index in [9.17, 15) is 0 Å². The molecule has 1 aromatic rings. The van der Waals surface area contributed by atoms with E-state index >= 15 is 0 Å². The summed E-state index contributed by atoms with van der Waals surface area (Å²) in [6, 6.07) is 1.37. The minimum atomic E-state index is -0.557. The number of rotatable bonds is 1. The smallest absolute Gasteiger partial charge is 0.122 e. The van der Waals surface area contributed by atoms with Crippen LogP contribution < -0.4 is 5.73 Å². The Kier molecular flexibility index (Phi) is 1.74. The summed E-state index contributed by atoms with van der Waals surface area (Å²) in [5.41, 5.74) is 7.11. The minimum absolute atomic E-state index is 0.557. The topological polar surface area (TPSA) is 62.9 Å². The third-order valence-electron chi connectivity index (χ3n) is 1.37. The molecule has 0 aliphatic heterocycles. The van der Waals surface area contributed by atoms with E-state index in [0.717, 1.165) is 11.1 Å². The van der Waals surface area contributed by atoms with Crippen LogP contribution in [0, 0.1) is 18.3 Å². The van der Waals surface area contributed by atoms with E-state index in [4.69, 9.17) is 15.4 Å². The Hall–Kier alpha value is -1.27. The molecule has 0 saturated heterocycles. The second-order valence-electron chi connectivity index (χ2n) is 2.12. The van der Waals surface area contributed by atoms with Crippen molar-refractivity contribution in [3.63, 3.8) is 0 Å². The van der Waals surface area contributed by atoms with Crippen molar-refractivity contribution >= 4 is 0 Å². The number of hydrogen-bond donors (Lipinski definition) is 1. The lowest BCUT2D eigenvalue weighted by molar-refractivity contribution is 0.561. The highest BCUT2D eigenvalue weighted by atomic mass is 16.3. The van der Waals surface area contributed by atoms with E-state index in [1.54, 1.807) is 6.26 Å². The zero-order valence-corrected chi connectivity index (χ0v) is 5.66. The van der Waals surface area contributed by atoms with Crippen molar-refractivity contribution in [1.29, 1.82) is 5.26 Å². The van der Waals surface area contributed by atoms with Gasteiger partial charge in [0.2, 0.25) is 0 Å². The van der Waals surface area contributed by atoms with Crippen LogP contribution in [0.5, 0.6) is 0 Å². The predicted octanol–water partition coefficient (Wildman–Crippen LogP) is 1.11. The molecule has 0 radical (unpaired) electrons. The van der Waals surface area contributed by atoms with Crippen LogP contribution in [0.25, 0.3) is 0 Å². The molecule has 0 aromatic carbocycles. The largest absolute Gasteiger partial charge is 0.472 e. The lowest BCUT2D eigenvalue weighted by atomic mass is 10.1. The maximum absolute atomic E-state index is 8.41. The molecule has 1 unspecified atom stereocenters. The number of furan rings is 1. The number of aryl methyl sites for hydroxylation is 1. The van der Waals surface area contributed by atoms with Crippen LogP contribution in [0.4, 0.5) is 0 Å². The summed E-state index contributed by atoms with van der Waals surface area (Å²) < 4.78 is 4.84. The normalized spacial score (nSPS) is 12.5. The maximum Gasteiger partial charge on any atom is 0.122 e. The molecule has 0 saturated carbocycles. The molecule has 10 heavy (non-hydrogen) atoms. The first-order chi connectivity index (χ1) is 4.75. The Labute approximate surface area is 59.1 Å². The number of nitrogens with two attached hydrogens (primary N) is 1. The van der Waals surface area contributed by atoms with Gasteiger partial charge in [-0.25, -0.2) is 0 Å². The fourth-order valence-corrected chi connectivity index (χ4v) is 0.759. The van der Waals surface area contributed by atoms with E-state index < -0.39 is 6.04 Å². The lowest BCUT2D eigenvalue weighted by Gasteiger charge is -1.96. The lowest BCUT2D eigenvalue weighted by Crippen LogP contribution is -2.06. The van der Waals surface area contributed by atoms with E-state index in [1.807, 2.05) is 13.0 Å². The average molecular weight is 136 g/mol. The highest BCUT2D eigenvalue weighted by Crippen LogP contribution is 2.14. The van der Waals surface area contributed by atoms with Gasteiger partial charge in [-0.05, 0) is 12.5 Å². The van der Waals surface area contributed by atoms with Crippen molar-refractivity contribution in [2.24, 2.45) is 5.73 Å². The van der Waals surface area contributed by atoms with Gasteiger partial charge in [-0.1, -0.05) is 0 Å². The standard InChI is InChI=1S/C7H8N2O/c1-5-3-10-4-6(5)7(9)2-8/h3-4,7H,9H2,1H3. The van der Waals surface area contributed by atoms with Gasteiger partial charge in [0.1, 0.15) is 6.04 Å². The van der Waals surface area contributed by atoms with Gasteiger partial charge >= 0.3 is 0 Å². The second-order valence-corrected chi connectivity index (χ2v) is 2.12. The summed E-state index contributed by atoms with van der Waals surface area (Å²) in [6.07, 6.45) is 3.08. The summed E-state index contributed by atoms with van der Waals surface area (Å²) in [5, 5.41) is 8.41. The third kappa shape index (κ3) is 1.02. The fourth-order valence-electron chi connectivity index (χ4n) is 0.759. The molecule has 3 heteroatoms. The van der Waals surface area contributed by atoms with Crippen molar-refractivity contribution in [1.82, 2.24) is 0 Å². The van der Waals surface area contributed by atoms with E-state index in [0.29, 0.717) is 0 Å². The van der Waals surface area contributed by atoms with Gasteiger partial charge in [0, 0.05) is 5.56 Å². The molecule has 2 N–H and O–H groups in total. The SMILES string of the molecule is Cc1cocc1C(N)C#N. The van der Waals surface area contributed by atoms with Gasteiger partial charge in [0.25, 0.3) is 0 Å². The number of nitriles is 1. The minimum Gasteiger partial charge on any atom is -0.472 e. The Morgan fingerprint density at radius 1 is 1.70 bits per heavy atom. The summed E-state index contributed by atoms with van der Waals surface area (Å²) in [5.74, 6) is 0. The van der Waals surface area contributed by atoms with Crippen molar-refractivity contribution in [2.75, 3.05) is 0 Å². The van der Waals surface area contributed by atoms with Crippen LogP contribution in [0.3, 0.4) is 0 Å². The molecule has 0 spiro atoms. The average Bonchev–Trinajstić information content (AvgIpc) is 2.34. The van der Waals surface area contributed by atoms with Crippen LogP contribution in [-0.2, 0) is 0 Å². The monoisotopic (exact) mass is 136 g/mol. The van der Waals surface area contributed by atoms with Gasteiger partial charge in [-0.2, -0.15) is 5.26 Å². The van der Waals surface area contributed by atoms with Crippen molar-refractivity contribution in [2.45, 2.75) is 13.0 Å². The fraction of sp³-hybridized carbons (Fsp3) is 0.286. The van der Waals surface area contributed by atoms with Crippen LogP contribution in [0.15, 0.2) is 16.9 Å². The molecular weight excluding hydrogens is 128 g/mol. The first kappa shape index (κ1) is 6.84.